The lowest BCUT2D eigenvalue weighted by atomic mass is 10.2. The van der Waals surface area contributed by atoms with Gasteiger partial charge in [-0.25, -0.2) is 8.78 Å². The van der Waals surface area contributed by atoms with Crippen LogP contribution in [-0.4, -0.2) is 11.7 Å². The summed E-state index contributed by atoms with van der Waals surface area (Å²) >= 11 is 1.58. The smallest absolute Gasteiger partial charge is 0.228 e. The Morgan fingerprint density at radius 2 is 1.86 bits per heavy atom. The topological polar surface area (TPSA) is 29.1 Å². The van der Waals surface area contributed by atoms with Gasteiger partial charge < -0.3 is 5.32 Å². The summed E-state index contributed by atoms with van der Waals surface area (Å²) in [6.45, 7) is 1.80. The molecule has 0 heterocycles. The molecule has 2 nitrogen and oxygen atoms in total. The van der Waals surface area contributed by atoms with Crippen molar-refractivity contribution in [1.82, 2.24) is 0 Å². The normalized spacial score (nSPS) is 12.0. The van der Waals surface area contributed by atoms with Crippen molar-refractivity contribution in [1.29, 1.82) is 0 Å². The number of anilines is 1. The highest BCUT2D eigenvalue weighted by Gasteiger charge is 2.14. The van der Waals surface area contributed by atoms with E-state index in [0.29, 0.717) is 5.75 Å². The number of amides is 1. The highest BCUT2D eigenvalue weighted by Crippen LogP contribution is 2.21. The Balaban J connectivity index is 1.89. The van der Waals surface area contributed by atoms with Crippen molar-refractivity contribution in [3.63, 3.8) is 0 Å². The van der Waals surface area contributed by atoms with Crippen LogP contribution in [0.1, 0.15) is 6.92 Å². The lowest BCUT2D eigenvalue weighted by molar-refractivity contribution is -0.118. The molecule has 2 aromatic carbocycles. The van der Waals surface area contributed by atoms with Crippen LogP contribution in [0.2, 0.25) is 0 Å². The fourth-order valence-corrected chi connectivity index (χ4v) is 2.60. The quantitative estimate of drug-likeness (QED) is 0.833. The first kappa shape index (κ1) is 15.5. The van der Waals surface area contributed by atoms with Crippen molar-refractivity contribution >= 4 is 23.4 Å². The number of benzene rings is 2. The van der Waals surface area contributed by atoms with Crippen molar-refractivity contribution in [2.24, 2.45) is 5.92 Å². The van der Waals surface area contributed by atoms with Gasteiger partial charge in [0.15, 0.2) is 11.6 Å². The Hall–Kier alpha value is -1.88. The average molecular weight is 307 g/mol. The molecule has 2 aromatic rings. The zero-order valence-electron chi connectivity index (χ0n) is 11.5. The average Bonchev–Trinajstić information content (AvgIpc) is 2.49. The molecule has 2 rings (SSSR count). The first-order valence-electron chi connectivity index (χ1n) is 6.50. The zero-order chi connectivity index (χ0) is 15.2. The summed E-state index contributed by atoms with van der Waals surface area (Å²) in [6, 6.07) is 13.1. The van der Waals surface area contributed by atoms with Crippen LogP contribution in [0.15, 0.2) is 53.4 Å². The van der Waals surface area contributed by atoms with Crippen molar-refractivity contribution < 1.29 is 13.6 Å². The van der Waals surface area contributed by atoms with Crippen LogP contribution in [-0.2, 0) is 4.79 Å². The van der Waals surface area contributed by atoms with Crippen molar-refractivity contribution in [2.45, 2.75) is 11.8 Å². The number of carbonyl (C=O) groups is 1. The van der Waals surface area contributed by atoms with Crippen LogP contribution in [0.5, 0.6) is 0 Å². The fourth-order valence-electron chi connectivity index (χ4n) is 1.65. The van der Waals surface area contributed by atoms with Crippen LogP contribution in [0.25, 0.3) is 0 Å². The van der Waals surface area contributed by atoms with Gasteiger partial charge in [-0.05, 0) is 24.3 Å². The summed E-state index contributed by atoms with van der Waals surface area (Å²) in [6.07, 6.45) is 0. The lowest BCUT2D eigenvalue weighted by Gasteiger charge is -2.12. The minimum atomic E-state index is -0.973. The second kappa shape index (κ2) is 7.22. The molecule has 21 heavy (non-hydrogen) atoms. The van der Waals surface area contributed by atoms with E-state index in [1.54, 1.807) is 18.7 Å². The molecular formula is C16H15F2NOS. The van der Waals surface area contributed by atoms with Gasteiger partial charge in [-0.3, -0.25) is 4.79 Å². The maximum Gasteiger partial charge on any atom is 0.228 e. The second-order valence-corrected chi connectivity index (χ2v) is 5.74. The van der Waals surface area contributed by atoms with Crippen LogP contribution in [0.3, 0.4) is 0 Å². The predicted octanol–water partition coefficient (Wildman–Crippen LogP) is 4.33. The number of nitrogens with one attached hydrogen (secondary N) is 1. The highest BCUT2D eigenvalue weighted by molar-refractivity contribution is 7.99. The highest BCUT2D eigenvalue weighted by atomic mass is 32.2. The van der Waals surface area contributed by atoms with E-state index in [4.69, 9.17) is 0 Å². The Morgan fingerprint density at radius 3 is 2.52 bits per heavy atom. The van der Waals surface area contributed by atoms with E-state index >= 15 is 0 Å². The molecule has 0 spiro atoms. The van der Waals surface area contributed by atoms with Gasteiger partial charge in [0.25, 0.3) is 0 Å². The third-order valence-corrected chi connectivity index (χ3v) is 4.15. The first-order valence-corrected chi connectivity index (χ1v) is 7.48. The van der Waals surface area contributed by atoms with Crippen molar-refractivity contribution in [3.8, 4) is 0 Å². The van der Waals surface area contributed by atoms with Gasteiger partial charge in [-0.15, -0.1) is 11.8 Å². The molecule has 0 fully saturated rings. The summed E-state index contributed by atoms with van der Waals surface area (Å²) in [5, 5.41) is 2.59. The molecule has 0 bridgehead atoms. The number of thioether (sulfide) groups is 1. The third-order valence-electron chi connectivity index (χ3n) is 2.88. The van der Waals surface area contributed by atoms with Gasteiger partial charge in [0.2, 0.25) is 5.91 Å². The van der Waals surface area contributed by atoms with Crippen LogP contribution in [0, 0.1) is 17.6 Å². The molecule has 0 saturated heterocycles. The van der Waals surface area contributed by atoms with Gasteiger partial charge in [0, 0.05) is 28.3 Å². The minimum absolute atomic E-state index is 0.218. The summed E-state index contributed by atoms with van der Waals surface area (Å²) in [4.78, 5) is 13.1. The van der Waals surface area contributed by atoms with Gasteiger partial charge in [-0.1, -0.05) is 25.1 Å². The zero-order valence-corrected chi connectivity index (χ0v) is 12.3. The van der Waals surface area contributed by atoms with E-state index in [1.165, 1.54) is 6.07 Å². The molecule has 1 unspecified atom stereocenters. The number of hydrogen-bond donors (Lipinski definition) is 1. The maximum atomic E-state index is 13.1. The van der Waals surface area contributed by atoms with E-state index in [2.05, 4.69) is 5.32 Å². The Bertz CT molecular complexity index is 619. The van der Waals surface area contributed by atoms with E-state index in [0.717, 1.165) is 17.0 Å². The van der Waals surface area contributed by atoms with Gasteiger partial charge >= 0.3 is 0 Å². The monoisotopic (exact) mass is 307 g/mol. The van der Waals surface area contributed by atoms with Gasteiger partial charge in [0.1, 0.15) is 0 Å². The molecule has 0 aliphatic heterocycles. The van der Waals surface area contributed by atoms with Crippen molar-refractivity contribution in [2.75, 3.05) is 11.1 Å². The summed E-state index contributed by atoms with van der Waals surface area (Å²) in [7, 11) is 0. The fraction of sp³-hybridized carbons (Fsp3) is 0.188. The van der Waals surface area contributed by atoms with E-state index < -0.39 is 11.6 Å². The minimum Gasteiger partial charge on any atom is -0.326 e. The molecule has 0 saturated carbocycles. The molecule has 1 atom stereocenters. The largest absolute Gasteiger partial charge is 0.326 e. The van der Waals surface area contributed by atoms with E-state index in [-0.39, 0.29) is 17.5 Å². The van der Waals surface area contributed by atoms with Crippen LogP contribution < -0.4 is 5.32 Å². The molecule has 0 aliphatic carbocycles. The number of hydrogen-bond acceptors (Lipinski definition) is 2. The number of halogens is 2. The SMILES string of the molecule is CC(CSc1ccccc1)C(=O)Nc1ccc(F)c(F)c1. The molecule has 0 aliphatic rings. The maximum absolute atomic E-state index is 13.1. The van der Waals surface area contributed by atoms with Crippen LogP contribution >= 0.6 is 11.8 Å². The third kappa shape index (κ3) is 4.56. The van der Waals surface area contributed by atoms with Gasteiger partial charge in [0.05, 0.1) is 0 Å². The Kier molecular flexibility index (Phi) is 5.33. The second-order valence-electron chi connectivity index (χ2n) is 4.64. The lowest BCUT2D eigenvalue weighted by Crippen LogP contribution is -2.22. The molecule has 5 heteroatoms. The predicted molar refractivity (Wildman–Crippen MR) is 81.3 cm³/mol. The Labute approximate surface area is 126 Å². The molecule has 110 valence electrons. The van der Waals surface area contributed by atoms with Crippen molar-refractivity contribution in [3.05, 3.63) is 60.2 Å². The van der Waals surface area contributed by atoms with E-state index in [9.17, 15) is 13.6 Å². The first-order chi connectivity index (χ1) is 10.1. The molecule has 1 N–H and O–H groups in total. The molecular weight excluding hydrogens is 292 g/mol. The molecule has 0 radical (unpaired) electrons. The Morgan fingerprint density at radius 1 is 1.14 bits per heavy atom. The number of rotatable bonds is 5. The van der Waals surface area contributed by atoms with Crippen LogP contribution in [0.4, 0.5) is 14.5 Å². The number of carbonyl (C=O) groups excluding carboxylic acids is 1. The summed E-state index contributed by atoms with van der Waals surface area (Å²) in [5.41, 5.74) is 0.260. The summed E-state index contributed by atoms with van der Waals surface area (Å²) < 4.78 is 25.9. The molecule has 0 aromatic heterocycles. The standard InChI is InChI=1S/C16H15F2NOS/c1-11(10-21-13-5-3-2-4-6-13)16(20)19-12-7-8-14(17)15(18)9-12/h2-9,11H,10H2,1H3,(H,19,20). The van der Waals surface area contributed by atoms with Gasteiger partial charge in [-0.2, -0.15) is 0 Å². The molecule has 1 amide bonds. The van der Waals surface area contributed by atoms with E-state index in [1.807, 2.05) is 30.3 Å². The summed E-state index contributed by atoms with van der Waals surface area (Å²) in [5.74, 6) is -1.76.